The van der Waals surface area contributed by atoms with Gasteiger partial charge in [-0.2, -0.15) is 5.10 Å². The van der Waals surface area contributed by atoms with Gasteiger partial charge in [-0.05, 0) is 6.07 Å². The minimum absolute atomic E-state index is 0.0468. The smallest absolute Gasteiger partial charge is 0.355 e. The molecule has 0 unspecified atom stereocenters. The van der Waals surface area contributed by atoms with Gasteiger partial charge in [0, 0.05) is 30.6 Å². The molecule has 0 aliphatic heterocycles. The van der Waals surface area contributed by atoms with Gasteiger partial charge < -0.3 is 5.11 Å². The number of rotatable bonds is 2. The molecule has 0 aliphatic carbocycles. The molecule has 2 aromatic rings. The molecule has 2 rings (SSSR count). The zero-order valence-corrected chi connectivity index (χ0v) is 8.08. The Kier molecular flexibility index (Phi) is 2.21. The first kappa shape index (κ1) is 9.39. The van der Waals surface area contributed by atoms with Gasteiger partial charge in [0.2, 0.25) is 0 Å². The van der Waals surface area contributed by atoms with E-state index in [0.29, 0.717) is 5.56 Å². The molecule has 0 fully saturated rings. The van der Waals surface area contributed by atoms with E-state index in [0.717, 1.165) is 5.56 Å². The van der Waals surface area contributed by atoms with Gasteiger partial charge in [-0.15, -0.1) is 0 Å². The third kappa shape index (κ3) is 1.71. The van der Waals surface area contributed by atoms with Crippen LogP contribution in [0.3, 0.4) is 0 Å². The Hall–Kier alpha value is -2.17. The monoisotopic (exact) mass is 203 g/mol. The van der Waals surface area contributed by atoms with E-state index in [9.17, 15) is 4.79 Å². The highest BCUT2D eigenvalue weighted by atomic mass is 16.4. The molecule has 0 saturated heterocycles. The first-order chi connectivity index (χ1) is 7.18. The molecule has 0 amide bonds. The quantitative estimate of drug-likeness (QED) is 0.795. The molecule has 76 valence electrons. The second-order valence-electron chi connectivity index (χ2n) is 3.11. The SMILES string of the molecule is Cn1cc(-c2cccnc2C(=O)O)cn1. The summed E-state index contributed by atoms with van der Waals surface area (Å²) in [7, 11) is 1.78. The third-order valence-corrected chi connectivity index (χ3v) is 2.03. The van der Waals surface area contributed by atoms with Crippen molar-refractivity contribution in [2.75, 3.05) is 0 Å². The van der Waals surface area contributed by atoms with Crippen molar-refractivity contribution in [3.63, 3.8) is 0 Å². The van der Waals surface area contributed by atoms with Crippen molar-refractivity contribution < 1.29 is 9.90 Å². The Balaban J connectivity index is 2.57. The molecular weight excluding hydrogens is 194 g/mol. The number of carboxylic acid groups (broad SMARTS) is 1. The van der Waals surface area contributed by atoms with Crippen molar-refractivity contribution in [3.8, 4) is 11.1 Å². The van der Waals surface area contributed by atoms with Crippen LogP contribution in [0.1, 0.15) is 10.5 Å². The van der Waals surface area contributed by atoms with Crippen LogP contribution in [-0.2, 0) is 7.05 Å². The fourth-order valence-electron chi connectivity index (χ4n) is 1.37. The molecule has 5 heteroatoms. The van der Waals surface area contributed by atoms with Gasteiger partial charge in [-0.3, -0.25) is 4.68 Å². The van der Waals surface area contributed by atoms with Crippen molar-refractivity contribution in [1.82, 2.24) is 14.8 Å². The molecule has 5 nitrogen and oxygen atoms in total. The van der Waals surface area contributed by atoms with Crippen LogP contribution in [0, 0.1) is 0 Å². The summed E-state index contributed by atoms with van der Waals surface area (Å²) in [6.07, 6.45) is 4.83. The van der Waals surface area contributed by atoms with Gasteiger partial charge in [-0.1, -0.05) is 6.07 Å². The second kappa shape index (κ2) is 3.53. The number of hydrogen-bond acceptors (Lipinski definition) is 3. The second-order valence-corrected chi connectivity index (χ2v) is 3.11. The van der Waals surface area contributed by atoms with E-state index in [1.54, 1.807) is 36.3 Å². The Labute approximate surface area is 86.0 Å². The average Bonchev–Trinajstić information content (AvgIpc) is 2.65. The van der Waals surface area contributed by atoms with Crippen LogP contribution in [0.5, 0.6) is 0 Å². The predicted molar refractivity (Wildman–Crippen MR) is 53.4 cm³/mol. The summed E-state index contributed by atoms with van der Waals surface area (Å²) in [6.45, 7) is 0. The highest BCUT2D eigenvalue weighted by Gasteiger charge is 2.13. The van der Waals surface area contributed by atoms with E-state index < -0.39 is 5.97 Å². The van der Waals surface area contributed by atoms with Gasteiger partial charge in [0.25, 0.3) is 0 Å². The maximum atomic E-state index is 10.9. The van der Waals surface area contributed by atoms with Crippen LogP contribution in [-0.4, -0.2) is 25.8 Å². The van der Waals surface area contributed by atoms with Gasteiger partial charge in [0.05, 0.1) is 6.20 Å². The van der Waals surface area contributed by atoms with Gasteiger partial charge in [0.1, 0.15) is 0 Å². The number of carboxylic acids is 1. The van der Waals surface area contributed by atoms with Crippen molar-refractivity contribution in [2.45, 2.75) is 0 Å². The molecule has 0 spiro atoms. The summed E-state index contributed by atoms with van der Waals surface area (Å²) >= 11 is 0. The molecule has 2 heterocycles. The van der Waals surface area contributed by atoms with E-state index >= 15 is 0 Å². The van der Waals surface area contributed by atoms with Crippen molar-refractivity contribution >= 4 is 5.97 Å². The fraction of sp³-hybridized carbons (Fsp3) is 0.100. The largest absolute Gasteiger partial charge is 0.476 e. The lowest BCUT2D eigenvalue weighted by atomic mass is 10.1. The number of aromatic nitrogens is 3. The number of nitrogens with zero attached hydrogens (tertiary/aromatic N) is 3. The highest BCUT2D eigenvalue weighted by Crippen LogP contribution is 2.20. The average molecular weight is 203 g/mol. The van der Waals surface area contributed by atoms with E-state index in [1.165, 1.54) is 6.20 Å². The molecule has 0 aromatic carbocycles. The number of hydrogen-bond donors (Lipinski definition) is 1. The predicted octanol–water partition coefficient (Wildman–Crippen LogP) is 1.18. The normalized spacial score (nSPS) is 10.2. The Morgan fingerprint density at radius 2 is 2.33 bits per heavy atom. The van der Waals surface area contributed by atoms with Gasteiger partial charge in [-0.25, -0.2) is 9.78 Å². The highest BCUT2D eigenvalue weighted by molar-refractivity contribution is 5.93. The Morgan fingerprint density at radius 1 is 1.53 bits per heavy atom. The lowest BCUT2D eigenvalue weighted by Crippen LogP contribution is -2.02. The van der Waals surface area contributed by atoms with Gasteiger partial charge >= 0.3 is 5.97 Å². The maximum Gasteiger partial charge on any atom is 0.355 e. The minimum Gasteiger partial charge on any atom is -0.476 e. The zero-order valence-electron chi connectivity index (χ0n) is 8.08. The Bertz CT molecular complexity index is 505. The van der Waals surface area contributed by atoms with E-state index in [1.807, 2.05) is 0 Å². The van der Waals surface area contributed by atoms with E-state index in [-0.39, 0.29) is 5.69 Å². The lowest BCUT2D eigenvalue weighted by molar-refractivity contribution is 0.0691. The molecule has 0 atom stereocenters. The summed E-state index contributed by atoms with van der Waals surface area (Å²) in [5.74, 6) is -1.03. The van der Waals surface area contributed by atoms with Crippen LogP contribution in [0.2, 0.25) is 0 Å². The number of aryl methyl sites for hydroxylation is 1. The third-order valence-electron chi connectivity index (χ3n) is 2.03. The molecule has 1 N–H and O–H groups in total. The molecule has 15 heavy (non-hydrogen) atoms. The summed E-state index contributed by atoms with van der Waals surface area (Å²) in [5, 5.41) is 12.9. The maximum absolute atomic E-state index is 10.9. The van der Waals surface area contributed by atoms with Crippen molar-refractivity contribution in [3.05, 3.63) is 36.4 Å². The van der Waals surface area contributed by atoms with Crippen molar-refractivity contribution in [2.24, 2.45) is 7.05 Å². The van der Waals surface area contributed by atoms with Crippen LogP contribution in [0.4, 0.5) is 0 Å². The summed E-state index contributed by atoms with van der Waals surface area (Å²) in [5.41, 5.74) is 1.38. The first-order valence-corrected chi connectivity index (χ1v) is 4.36. The molecule has 0 radical (unpaired) electrons. The molecule has 0 bridgehead atoms. The standard InChI is InChI=1S/C10H9N3O2/c1-13-6-7(5-12-13)8-3-2-4-11-9(8)10(14)15/h2-6H,1H3,(H,14,15). The minimum atomic E-state index is -1.03. The summed E-state index contributed by atoms with van der Waals surface area (Å²) in [6, 6.07) is 3.42. The van der Waals surface area contributed by atoms with Gasteiger partial charge in [0.15, 0.2) is 5.69 Å². The van der Waals surface area contributed by atoms with Crippen molar-refractivity contribution in [1.29, 1.82) is 0 Å². The molecule has 0 aliphatic rings. The molecule has 0 saturated carbocycles. The van der Waals surface area contributed by atoms with E-state index in [4.69, 9.17) is 5.11 Å². The van der Waals surface area contributed by atoms with E-state index in [2.05, 4.69) is 10.1 Å². The van der Waals surface area contributed by atoms with Crippen LogP contribution >= 0.6 is 0 Å². The zero-order chi connectivity index (χ0) is 10.8. The van der Waals surface area contributed by atoms with Crippen LogP contribution < -0.4 is 0 Å². The molecular formula is C10H9N3O2. The lowest BCUT2D eigenvalue weighted by Gasteiger charge is -2.00. The Morgan fingerprint density at radius 3 is 2.93 bits per heavy atom. The first-order valence-electron chi connectivity index (χ1n) is 4.36. The summed E-state index contributed by atoms with van der Waals surface area (Å²) < 4.78 is 1.62. The number of aromatic carboxylic acids is 1. The molecule has 2 aromatic heterocycles. The fourth-order valence-corrected chi connectivity index (χ4v) is 1.37. The number of carbonyl (C=O) groups is 1. The number of pyridine rings is 1. The summed E-state index contributed by atoms with van der Waals surface area (Å²) in [4.78, 5) is 14.7. The topological polar surface area (TPSA) is 68.0 Å². The van der Waals surface area contributed by atoms with Crippen LogP contribution in [0.15, 0.2) is 30.7 Å². The van der Waals surface area contributed by atoms with Crippen LogP contribution in [0.25, 0.3) is 11.1 Å².